The van der Waals surface area contributed by atoms with Crippen molar-refractivity contribution in [2.24, 2.45) is 5.84 Å². The van der Waals surface area contributed by atoms with E-state index in [9.17, 15) is 13.2 Å². The maximum absolute atomic E-state index is 13.1. The molecule has 0 aliphatic rings. The van der Waals surface area contributed by atoms with Crippen LogP contribution in [0.4, 0.5) is 13.2 Å². The Hall–Kier alpha value is -1.44. The summed E-state index contributed by atoms with van der Waals surface area (Å²) in [5, 5.41) is 0. The Labute approximate surface area is 128 Å². The number of aromatic nitrogens is 1. The second kappa shape index (κ2) is 6.55. The Kier molecular flexibility index (Phi) is 4.97. The van der Waals surface area contributed by atoms with Gasteiger partial charge in [-0.05, 0) is 24.1 Å². The molecule has 7 heteroatoms. The molecule has 0 amide bonds. The lowest BCUT2D eigenvalue weighted by Gasteiger charge is -2.21. The first kappa shape index (κ1) is 15.9. The van der Waals surface area contributed by atoms with Gasteiger partial charge in [-0.1, -0.05) is 34.1 Å². The van der Waals surface area contributed by atoms with E-state index in [1.54, 1.807) is 0 Å². The molecule has 3 nitrogen and oxygen atoms in total. The number of nitrogens with zero attached hydrogens (tertiary/aromatic N) is 1. The van der Waals surface area contributed by atoms with Crippen molar-refractivity contribution in [1.29, 1.82) is 0 Å². The average molecular weight is 360 g/mol. The maximum atomic E-state index is 13.1. The highest BCUT2D eigenvalue weighted by molar-refractivity contribution is 9.10. The van der Waals surface area contributed by atoms with Crippen LogP contribution in [0.15, 0.2) is 47.2 Å². The number of nitrogens with one attached hydrogen (secondary N) is 1. The van der Waals surface area contributed by atoms with Crippen LogP contribution in [-0.4, -0.2) is 4.98 Å². The lowest BCUT2D eigenvalue weighted by Crippen LogP contribution is -2.31. The summed E-state index contributed by atoms with van der Waals surface area (Å²) in [6, 6.07) is 7.59. The van der Waals surface area contributed by atoms with Crippen molar-refractivity contribution in [2.45, 2.75) is 18.6 Å². The Bertz CT molecular complexity index is 616. The lowest BCUT2D eigenvalue weighted by atomic mass is 9.96. The lowest BCUT2D eigenvalue weighted by molar-refractivity contribution is -0.138. The molecule has 0 radical (unpaired) electrons. The van der Waals surface area contributed by atoms with Gasteiger partial charge < -0.3 is 0 Å². The van der Waals surface area contributed by atoms with Gasteiger partial charge in [-0.25, -0.2) is 0 Å². The molecule has 0 fully saturated rings. The molecule has 0 saturated carbocycles. The number of pyridine rings is 1. The van der Waals surface area contributed by atoms with Gasteiger partial charge in [0.05, 0.1) is 11.6 Å². The second-order valence-electron chi connectivity index (χ2n) is 4.48. The summed E-state index contributed by atoms with van der Waals surface area (Å²) in [7, 11) is 0. The van der Waals surface area contributed by atoms with Crippen LogP contribution >= 0.6 is 15.9 Å². The van der Waals surface area contributed by atoms with Gasteiger partial charge in [0.1, 0.15) is 0 Å². The number of rotatable bonds is 4. The van der Waals surface area contributed by atoms with Crippen LogP contribution in [-0.2, 0) is 12.6 Å². The molecule has 112 valence electrons. The number of nitrogens with two attached hydrogens (primary N) is 1. The topological polar surface area (TPSA) is 50.9 Å². The van der Waals surface area contributed by atoms with Crippen LogP contribution in [0.5, 0.6) is 0 Å². The van der Waals surface area contributed by atoms with Crippen molar-refractivity contribution in [3.63, 3.8) is 0 Å². The molecule has 0 bridgehead atoms. The summed E-state index contributed by atoms with van der Waals surface area (Å²) in [6.07, 6.45) is -1.81. The van der Waals surface area contributed by atoms with Crippen LogP contribution in [0.3, 0.4) is 0 Å². The summed E-state index contributed by atoms with van der Waals surface area (Å²) in [4.78, 5) is 3.78. The first-order valence-corrected chi connectivity index (χ1v) is 6.93. The molecule has 3 N–H and O–H groups in total. The first-order chi connectivity index (χ1) is 9.93. The highest BCUT2D eigenvalue weighted by atomic mass is 79.9. The standard InChI is InChI=1S/C14H13BrF3N3/c15-12-4-2-1-3-9(12)7-13(21-19)10-8-20-6-5-11(10)14(16,17)18/h1-6,8,13,21H,7,19H2. The van der Waals surface area contributed by atoms with Gasteiger partial charge in [-0.2, -0.15) is 13.2 Å². The Morgan fingerprint density at radius 3 is 2.57 bits per heavy atom. The molecular formula is C14H13BrF3N3. The van der Waals surface area contributed by atoms with Crippen molar-refractivity contribution in [2.75, 3.05) is 0 Å². The predicted molar refractivity (Wildman–Crippen MR) is 77.1 cm³/mol. The van der Waals surface area contributed by atoms with Gasteiger partial charge in [0.2, 0.25) is 0 Å². The van der Waals surface area contributed by atoms with E-state index < -0.39 is 17.8 Å². The van der Waals surface area contributed by atoms with Gasteiger partial charge in [0.15, 0.2) is 0 Å². The van der Waals surface area contributed by atoms with E-state index in [0.29, 0.717) is 6.42 Å². The van der Waals surface area contributed by atoms with Crippen LogP contribution in [0, 0.1) is 0 Å². The summed E-state index contributed by atoms with van der Waals surface area (Å²) < 4.78 is 40.0. The van der Waals surface area contributed by atoms with E-state index in [1.165, 1.54) is 6.20 Å². The molecule has 1 heterocycles. The molecule has 21 heavy (non-hydrogen) atoms. The normalized spacial score (nSPS) is 13.2. The van der Waals surface area contributed by atoms with Gasteiger partial charge in [0, 0.05) is 22.4 Å². The minimum absolute atomic E-state index is 0.0308. The number of benzene rings is 1. The molecule has 1 aromatic carbocycles. The van der Waals surface area contributed by atoms with Gasteiger partial charge >= 0.3 is 6.18 Å². The predicted octanol–water partition coefficient (Wildman–Crippen LogP) is 3.61. The van der Waals surface area contributed by atoms with E-state index >= 15 is 0 Å². The van der Waals surface area contributed by atoms with Gasteiger partial charge in [-0.15, -0.1) is 0 Å². The van der Waals surface area contributed by atoms with Crippen molar-refractivity contribution < 1.29 is 13.2 Å². The molecule has 0 aliphatic carbocycles. The third kappa shape index (κ3) is 3.81. The third-order valence-electron chi connectivity index (χ3n) is 3.12. The Balaban J connectivity index is 2.37. The Morgan fingerprint density at radius 1 is 1.24 bits per heavy atom. The van der Waals surface area contributed by atoms with Crippen molar-refractivity contribution >= 4 is 15.9 Å². The maximum Gasteiger partial charge on any atom is 0.416 e. The zero-order valence-electron chi connectivity index (χ0n) is 10.9. The zero-order valence-corrected chi connectivity index (χ0v) is 12.4. The van der Waals surface area contributed by atoms with E-state index in [2.05, 4.69) is 26.3 Å². The molecule has 0 saturated heterocycles. The largest absolute Gasteiger partial charge is 0.416 e. The van der Waals surface area contributed by atoms with Crippen LogP contribution < -0.4 is 11.3 Å². The van der Waals surface area contributed by atoms with Crippen molar-refractivity contribution in [3.05, 3.63) is 63.9 Å². The van der Waals surface area contributed by atoms with E-state index in [4.69, 9.17) is 5.84 Å². The fourth-order valence-corrected chi connectivity index (χ4v) is 2.53. The summed E-state index contributed by atoms with van der Waals surface area (Å²) in [5.74, 6) is 5.45. The number of hydrazine groups is 1. The molecule has 1 atom stereocenters. The number of halogens is 4. The number of hydrogen-bond acceptors (Lipinski definition) is 3. The Morgan fingerprint density at radius 2 is 1.95 bits per heavy atom. The van der Waals surface area contributed by atoms with Crippen LogP contribution in [0.1, 0.15) is 22.7 Å². The fourth-order valence-electron chi connectivity index (χ4n) is 2.09. The second-order valence-corrected chi connectivity index (χ2v) is 5.33. The first-order valence-electron chi connectivity index (χ1n) is 6.14. The molecule has 2 aromatic rings. The third-order valence-corrected chi connectivity index (χ3v) is 3.89. The molecule has 2 rings (SSSR count). The summed E-state index contributed by atoms with van der Waals surface area (Å²) >= 11 is 3.38. The molecule has 1 unspecified atom stereocenters. The van der Waals surface area contributed by atoms with E-state index in [0.717, 1.165) is 22.3 Å². The minimum atomic E-state index is -4.44. The average Bonchev–Trinajstić information content (AvgIpc) is 2.45. The molecule has 0 aliphatic heterocycles. The highest BCUT2D eigenvalue weighted by Crippen LogP contribution is 2.35. The fraction of sp³-hybridized carbons (Fsp3) is 0.214. The highest BCUT2D eigenvalue weighted by Gasteiger charge is 2.35. The van der Waals surface area contributed by atoms with Gasteiger partial charge in [-0.3, -0.25) is 16.3 Å². The minimum Gasteiger partial charge on any atom is -0.271 e. The van der Waals surface area contributed by atoms with E-state index in [1.807, 2.05) is 24.3 Å². The smallest absolute Gasteiger partial charge is 0.271 e. The monoisotopic (exact) mass is 359 g/mol. The van der Waals surface area contributed by atoms with E-state index in [-0.39, 0.29) is 5.56 Å². The van der Waals surface area contributed by atoms with Crippen LogP contribution in [0.2, 0.25) is 0 Å². The molecule has 1 aromatic heterocycles. The van der Waals surface area contributed by atoms with Gasteiger partial charge in [0.25, 0.3) is 0 Å². The zero-order chi connectivity index (χ0) is 15.5. The summed E-state index contributed by atoms with van der Waals surface area (Å²) in [5.41, 5.74) is 2.61. The summed E-state index contributed by atoms with van der Waals surface area (Å²) in [6.45, 7) is 0. The quantitative estimate of drug-likeness (QED) is 0.647. The van der Waals surface area contributed by atoms with Crippen molar-refractivity contribution in [3.8, 4) is 0 Å². The molecular weight excluding hydrogens is 347 g/mol. The van der Waals surface area contributed by atoms with Crippen molar-refractivity contribution in [1.82, 2.24) is 10.4 Å². The molecule has 0 spiro atoms. The van der Waals surface area contributed by atoms with Crippen LogP contribution in [0.25, 0.3) is 0 Å². The number of hydrogen-bond donors (Lipinski definition) is 2. The SMILES string of the molecule is NNC(Cc1ccccc1Br)c1cnccc1C(F)(F)F. The number of alkyl halides is 3.